The van der Waals surface area contributed by atoms with Crippen molar-refractivity contribution in [3.63, 3.8) is 0 Å². The fraction of sp³-hybridized carbons (Fsp3) is 0.118. The van der Waals surface area contributed by atoms with Crippen LogP contribution in [0, 0.1) is 0 Å². The van der Waals surface area contributed by atoms with Gasteiger partial charge in [-0.25, -0.2) is 0 Å². The minimum Gasteiger partial charge on any atom is -0.368 e. The van der Waals surface area contributed by atoms with Crippen molar-refractivity contribution in [2.24, 2.45) is 5.73 Å². The Hall–Kier alpha value is -2.38. The predicted molar refractivity (Wildman–Crippen MR) is 101 cm³/mol. The number of amides is 2. The van der Waals surface area contributed by atoms with Gasteiger partial charge in [-0.15, -0.1) is 6.58 Å². The normalized spacial score (nSPS) is 16.3. The van der Waals surface area contributed by atoms with Crippen LogP contribution in [0.15, 0.2) is 48.0 Å². The summed E-state index contributed by atoms with van der Waals surface area (Å²) >= 11 is 6.52. The number of thiocarbonyl (C=S) groups is 1. The molecular formula is C17H15N3O2S2. The zero-order chi connectivity index (χ0) is 17.3. The van der Waals surface area contributed by atoms with E-state index in [4.69, 9.17) is 18.0 Å². The lowest BCUT2D eigenvalue weighted by molar-refractivity contribution is -0.122. The molecule has 2 heterocycles. The van der Waals surface area contributed by atoms with Gasteiger partial charge in [0.2, 0.25) is 5.91 Å². The maximum absolute atomic E-state index is 12.5. The van der Waals surface area contributed by atoms with Crippen LogP contribution in [0.2, 0.25) is 0 Å². The Bertz CT molecular complexity index is 898. The maximum atomic E-state index is 12.5. The van der Waals surface area contributed by atoms with Crippen LogP contribution in [0.25, 0.3) is 17.0 Å². The van der Waals surface area contributed by atoms with Gasteiger partial charge in [0.25, 0.3) is 5.91 Å². The molecule has 24 heavy (non-hydrogen) atoms. The van der Waals surface area contributed by atoms with E-state index in [1.807, 2.05) is 36.5 Å². The van der Waals surface area contributed by atoms with Gasteiger partial charge in [0.15, 0.2) is 0 Å². The number of fused-ring (bicyclic) bond motifs is 1. The van der Waals surface area contributed by atoms with Crippen LogP contribution in [0.3, 0.4) is 0 Å². The minimum absolute atomic E-state index is 0.0891. The maximum Gasteiger partial charge on any atom is 0.266 e. The molecule has 0 saturated carbocycles. The average molecular weight is 357 g/mol. The van der Waals surface area contributed by atoms with Gasteiger partial charge in [0.05, 0.1) is 4.91 Å². The van der Waals surface area contributed by atoms with E-state index in [0.29, 0.717) is 15.8 Å². The summed E-state index contributed by atoms with van der Waals surface area (Å²) in [4.78, 5) is 25.8. The minimum atomic E-state index is -0.417. The number of primary amides is 1. The van der Waals surface area contributed by atoms with Crippen molar-refractivity contribution in [3.05, 3.63) is 53.6 Å². The van der Waals surface area contributed by atoms with Gasteiger partial charge in [-0.3, -0.25) is 14.5 Å². The van der Waals surface area contributed by atoms with Crippen molar-refractivity contribution < 1.29 is 9.59 Å². The summed E-state index contributed by atoms with van der Waals surface area (Å²) in [5.74, 6) is -0.545. The van der Waals surface area contributed by atoms with Gasteiger partial charge >= 0.3 is 0 Å². The number of hydrogen-bond donors (Lipinski definition) is 1. The monoisotopic (exact) mass is 357 g/mol. The van der Waals surface area contributed by atoms with E-state index in [-0.39, 0.29) is 12.5 Å². The molecule has 0 unspecified atom stereocenters. The topological polar surface area (TPSA) is 68.3 Å². The molecule has 1 fully saturated rings. The van der Waals surface area contributed by atoms with Crippen LogP contribution in [-0.4, -0.2) is 32.1 Å². The number of rotatable bonds is 5. The number of nitrogens with two attached hydrogens (primary N) is 1. The van der Waals surface area contributed by atoms with Crippen molar-refractivity contribution in [2.45, 2.75) is 6.54 Å². The zero-order valence-electron chi connectivity index (χ0n) is 12.8. The molecule has 1 aliphatic rings. The second kappa shape index (κ2) is 6.62. The second-order valence-corrected chi connectivity index (χ2v) is 6.95. The molecule has 0 radical (unpaired) electrons. The molecule has 5 nitrogen and oxygen atoms in total. The lowest BCUT2D eigenvalue weighted by Gasteiger charge is -2.10. The van der Waals surface area contributed by atoms with Gasteiger partial charge < -0.3 is 10.3 Å². The van der Waals surface area contributed by atoms with Crippen LogP contribution < -0.4 is 5.73 Å². The Balaban J connectivity index is 2.04. The third-order valence-corrected chi connectivity index (χ3v) is 5.00. The first kappa shape index (κ1) is 16.5. The first-order valence-corrected chi connectivity index (χ1v) is 8.46. The highest BCUT2D eigenvalue weighted by Gasteiger charge is 2.31. The highest BCUT2D eigenvalue weighted by molar-refractivity contribution is 8.26. The summed E-state index contributed by atoms with van der Waals surface area (Å²) in [6, 6.07) is 7.67. The van der Waals surface area contributed by atoms with Crippen LogP contribution in [0.5, 0.6) is 0 Å². The molecule has 0 atom stereocenters. The standard InChI is InChI=1S/C17H15N3O2S2/c1-2-7-20-16(22)14(24-17(20)23)8-11-9-19(10-15(18)21)13-6-4-3-5-12(11)13/h2-6,8-9H,1,7,10H2,(H2,18,21)/b14-8-. The quantitative estimate of drug-likeness (QED) is 0.507. The molecule has 1 saturated heterocycles. The summed E-state index contributed by atoms with van der Waals surface area (Å²) in [5, 5.41) is 0.952. The molecule has 1 aliphatic heterocycles. The van der Waals surface area contributed by atoms with Crippen LogP contribution in [0.4, 0.5) is 0 Å². The van der Waals surface area contributed by atoms with Crippen LogP contribution in [0.1, 0.15) is 5.56 Å². The number of benzene rings is 1. The zero-order valence-corrected chi connectivity index (χ0v) is 14.4. The van der Waals surface area contributed by atoms with E-state index < -0.39 is 5.91 Å². The fourth-order valence-electron chi connectivity index (χ4n) is 2.62. The highest BCUT2D eigenvalue weighted by Crippen LogP contribution is 2.34. The molecule has 3 rings (SSSR count). The average Bonchev–Trinajstić information content (AvgIpc) is 3.01. The van der Waals surface area contributed by atoms with Gasteiger partial charge in [0.1, 0.15) is 10.9 Å². The second-order valence-electron chi connectivity index (χ2n) is 5.28. The fourth-order valence-corrected chi connectivity index (χ4v) is 3.88. The summed E-state index contributed by atoms with van der Waals surface area (Å²) < 4.78 is 2.31. The van der Waals surface area contributed by atoms with Crippen molar-refractivity contribution in [1.29, 1.82) is 0 Å². The molecule has 1 aromatic heterocycles. The van der Waals surface area contributed by atoms with Crippen LogP contribution >= 0.6 is 24.0 Å². The molecule has 7 heteroatoms. The molecule has 122 valence electrons. The number of aromatic nitrogens is 1. The number of carbonyl (C=O) groups excluding carboxylic acids is 2. The molecule has 1 aromatic carbocycles. The molecule has 2 amide bonds. The molecule has 2 N–H and O–H groups in total. The summed E-state index contributed by atoms with van der Waals surface area (Å²) in [6.45, 7) is 4.13. The summed E-state index contributed by atoms with van der Waals surface area (Å²) in [6.07, 6.45) is 5.28. The number of para-hydroxylation sites is 1. The first-order chi connectivity index (χ1) is 11.5. The molecule has 0 aliphatic carbocycles. The summed E-state index contributed by atoms with van der Waals surface area (Å²) in [7, 11) is 0. The number of nitrogens with zero attached hydrogens (tertiary/aromatic N) is 2. The number of hydrogen-bond acceptors (Lipinski definition) is 4. The lowest BCUT2D eigenvalue weighted by atomic mass is 10.1. The largest absolute Gasteiger partial charge is 0.368 e. The van der Waals surface area contributed by atoms with E-state index in [2.05, 4.69) is 6.58 Å². The number of thioether (sulfide) groups is 1. The SMILES string of the molecule is C=CCN1C(=O)/C(=C/c2cn(CC(N)=O)c3ccccc23)SC1=S. The smallest absolute Gasteiger partial charge is 0.266 e. The first-order valence-electron chi connectivity index (χ1n) is 7.23. The van der Waals surface area contributed by atoms with Crippen molar-refractivity contribution >= 4 is 57.1 Å². The Labute approximate surface area is 148 Å². The molecular weight excluding hydrogens is 342 g/mol. The molecule has 0 spiro atoms. The Morgan fingerprint density at radius 3 is 2.83 bits per heavy atom. The Morgan fingerprint density at radius 2 is 2.12 bits per heavy atom. The van der Waals surface area contributed by atoms with E-state index >= 15 is 0 Å². The lowest BCUT2D eigenvalue weighted by Crippen LogP contribution is -2.27. The van der Waals surface area contributed by atoms with E-state index in [1.54, 1.807) is 10.6 Å². The van der Waals surface area contributed by atoms with Gasteiger partial charge in [-0.1, -0.05) is 48.3 Å². The molecule has 2 aromatic rings. The van der Waals surface area contributed by atoms with Gasteiger partial charge in [-0.05, 0) is 12.1 Å². The van der Waals surface area contributed by atoms with Crippen molar-refractivity contribution in [1.82, 2.24) is 9.47 Å². The third-order valence-electron chi connectivity index (χ3n) is 3.62. The van der Waals surface area contributed by atoms with Crippen LogP contribution in [-0.2, 0) is 16.1 Å². The van der Waals surface area contributed by atoms with Gasteiger partial charge in [0, 0.05) is 29.2 Å². The van der Waals surface area contributed by atoms with E-state index in [9.17, 15) is 9.59 Å². The van der Waals surface area contributed by atoms with Crippen molar-refractivity contribution in [2.75, 3.05) is 6.54 Å². The Morgan fingerprint density at radius 1 is 1.38 bits per heavy atom. The Kier molecular flexibility index (Phi) is 4.55. The number of carbonyl (C=O) groups is 2. The predicted octanol–water partition coefficient (Wildman–Crippen LogP) is 2.51. The van der Waals surface area contributed by atoms with Gasteiger partial charge in [-0.2, -0.15) is 0 Å². The molecule has 0 bridgehead atoms. The van der Waals surface area contributed by atoms with E-state index in [1.165, 1.54) is 16.7 Å². The summed E-state index contributed by atoms with van der Waals surface area (Å²) in [5.41, 5.74) is 7.06. The third kappa shape index (κ3) is 3.00. The van der Waals surface area contributed by atoms with Crippen molar-refractivity contribution in [3.8, 4) is 0 Å². The highest BCUT2D eigenvalue weighted by atomic mass is 32.2. The van der Waals surface area contributed by atoms with E-state index in [0.717, 1.165) is 16.5 Å².